The molecule has 0 saturated heterocycles. The van der Waals surface area contributed by atoms with Crippen LogP contribution in [-0.4, -0.2) is 29.5 Å². The molecule has 0 bridgehead atoms. The number of carbonyl (C=O) groups is 1. The number of imidazole rings is 1. The summed E-state index contributed by atoms with van der Waals surface area (Å²) < 4.78 is 25.0. The monoisotopic (exact) mass is 316 g/mol. The van der Waals surface area contributed by atoms with Crippen molar-refractivity contribution in [2.45, 2.75) is 17.0 Å². The Balaban J connectivity index is 2.13. The maximum Gasteiger partial charge on any atom is 0.335 e. The number of benzene rings is 2. The summed E-state index contributed by atoms with van der Waals surface area (Å²) in [6, 6.07) is 10.7. The van der Waals surface area contributed by atoms with Crippen molar-refractivity contribution in [3.63, 3.8) is 0 Å². The number of fused-ring (bicyclic) bond motifs is 1. The molecule has 0 aliphatic heterocycles. The van der Waals surface area contributed by atoms with Crippen LogP contribution in [0.4, 0.5) is 0 Å². The van der Waals surface area contributed by atoms with Crippen LogP contribution in [0.2, 0.25) is 0 Å². The van der Waals surface area contributed by atoms with Gasteiger partial charge in [-0.05, 0) is 37.3 Å². The van der Waals surface area contributed by atoms with E-state index in [0.717, 1.165) is 5.56 Å². The lowest BCUT2D eigenvalue weighted by Crippen LogP contribution is -2.03. The van der Waals surface area contributed by atoms with Crippen LogP contribution in [0, 0.1) is 6.92 Å². The molecule has 3 aromatic rings. The van der Waals surface area contributed by atoms with Gasteiger partial charge in [0.15, 0.2) is 0 Å². The number of aromatic carboxylic acids is 1. The number of nitrogens with zero attached hydrogens (tertiary/aromatic N) is 1. The predicted molar refractivity (Wildman–Crippen MR) is 79.7 cm³/mol. The molecule has 0 saturated carbocycles. The second-order valence-corrected chi connectivity index (χ2v) is 6.76. The Kier molecular flexibility index (Phi) is 3.22. The van der Waals surface area contributed by atoms with Crippen LogP contribution in [0.15, 0.2) is 52.5 Å². The Morgan fingerprint density at radius 2 is 1.82 bits per heavy atom. The van der Waals surface area contributed by atoms with Crippen LogP contribution >= 0.6 is 0 Å². The van der Waals surface area contributed by atoms with E-state index in [1.165, 1.54) is 30.3 Å². The zero-order valence-electron chi connectivity index (χ0n) is 11.6. The number of H-pyrrole nitrogens is 1. The van der Waals surface area contributed by atoms with Gasteiger partial charge in [-0.15, -0.1) is 0 Å². The molecule has 0 radical (unpaired) electrons. The molecule has 0 amide bonds. The van der Waals surface area contributed by atoms with Gasteiger partial charge in [0.1, 0.15) is 0 Å². The highest BCUT2D eigenvalue weighted by molar-refractivity contribution is 7.91. The molecule has 0 fully saturated rings. The largest absolute Gasteiger partial charge is 0.478 e. The van der Waals surface area contributed by atoms with E-state index in [-0.39, 0.29) is 15.6 Å². The number of hydrogen-bond acceptors (Lipinski definition) is 4. The van der Waals surface area contributed by atoms with Gasteiger partial charge in [0.05, 0.1) is 21.5 Å². The smallest absolute Gasteiger partial charge is 0.335 e. The molecule has 1 aromatic heterocycles. The van der Waals surface area contributed by atoms with Crippen molar-refractivity contribution < 1.29 is 18.3 Å². The van der Waals surface area contributed by atoms with Gasteiger partial charge in [0.25, 0.3) is 0 Å². The number of hydrogen-bond donors (Lipinski definition) is 2. The number of carboxylic acids is 1. The molecule has 7 heteroatoms. The van der Waals surface area contributed by atoms with Gasteiger partial charge in [-0.1, -0.05) is 17.7 Å². The maximum absolute atomic E-state index is 12.5. The first-order chi connectivity index (χ1) is 10.4. The highest BCUT2D eigenvalue weighted by atomic mass is 32.2. The van der Waals surface area contributed by atoms with Gasteiger partial charge in [-0.25, -0.2) is 18.2 Å². The molecule has 3 rings (SSSR count). The van der Waals surface area contributed by atoms with E-state index >= 15 is 0 Å². The Bertz CT molecular complexity index is 972. The molecule has 0 aliphatic carbocycles. The molecule has 2 N–H and O–H groups in total. The summed E-state index contributed by atoms with van der Waals surface area (Å²) in [5.74, 6) is -1.08. The fraction of sp³-hybridized carbons (Fsp3) is 0.0667. The number of aromatic amines is 1. The number of sulfone groups is 1. The van der Waals surface area contributed by atoms with Gasteiger partial charge in [-0.3, -0.25) is 0 Å². The molecular formula is C15H12N2O4S. The summed E-state index contributed by atoms with van der Waals surface area (Å²) >= 11 is 0. The highest BCUT2D eigenvalue weighted by Gasteiger charge is 2.22. The summed E-state index contributed by atoms with van der Waals surface area (Å²) in [7, 11) is -3.76. The number of nitrogens with one attached hydrogen (secondary N) is 1. The van der Waals surface area contributed by atoms with Gasteiger partial charge in [0, 0.05) is 0 Å². The fourth-order valence-electron chi connectivity index (χ4n) is 2.08. The Morgan fingerprint density at radius 1 is 1.14 bits per heavy atom. The average molecular weight is 316 g/mol. The SMILES string of the molecule is Cc1ccc(S(=O)(=O)c2nc3ccc(C(=O)O)cc3[nH]2)cc1. The molecule has 1 heterocycles. The van der Waals surface area contributed by atoms with Crippen LogP contribution in [0.25, 0.3) is 11.0 Å². The summed E-state index contributed by atoms with van der Waals surface area (Å²) in [6.07, 6.45) is 0. The molecule has 0 aliphatic rings. The summed E-state index contributed by atoms with van der Waals surface area (Å²) in [6.45, 7) is 1.87. The third-order valence-electron chi connectivity index (χ3n) is 3.29. The maximum atomic E-state index is 12.5. The number of carboxylic acid groups (broad SMARTS) is 1. The van der Waals surface area contributed by atoms with Gasteiger partial charge >= 0.3 is 5.97 Å². The van der Waals surface area contributed by atoms with Crippen molar-refractivity contribution in [3.05, 3.63) is 53.6 Å². The lowest BCUT2D eigenvalue weighted by Gasteiger charge is -2.01. The Morgan fingerprint density at radius 3 is 2.45 bits per heavy atom. The first-order valence-corrected chi connectivity index (χ1v) is 7.91. The second kappa shape index (κ2) is 4.96. The molecule has 0 atom stereocenters. The molecule has 0 spiro atoms. The van der Waals surface area contributed by atoms with E-state index in [4.69, 9.17) is 5.11 Å². The Labute approximate surface area is 126 Å². The first kappa shape index (κ1) is 14.3. The lowest BCUT2D eigenvalue weighted by molar-refractivity contribution is 0.0697. The van der Waals surface area contributed by atoms with Crippen molar-refractivity contribution in [3.8, 4) is 0 Å². The van der Waals surface area contributed by atoms with E-state index in [9.17, 15) is 13.2 Å². The number of aromatic nitrogens is 2. The van der Waals surface area contributed by atoms with Crippen LogP contribution < -0.4 is 0 Å². The summed E-state index contributed by atoms with van der Waals surface area (Å²) in [5.41, 5.74) is 1.78. The minimum absolute atomic E-state index is 0.0652. The van der Waals surface area contributed by atoms with Gasteiger partial charge in [0.2, 0.25) is 15.0 Å². The van der Waals surface area contributed by atoms with Crippen LogP contribution in [0.5, 0.6) is 0 Å². The molecule has 2 aromatic carbocycles. The zero-order valence-corrected chi connectivity index (χ0v) is 12.4. The highest BCUT2D eigenvalue weighted by Crippen LogP contribution is 2.22. The molecule has 6 nitrogen and oxygen atoms in total. The van der Waals surface area contributed by atoms with Crippen LogP contribution in [0.3, 0.4) is 0 Å². The summed E-state index contributed by atoms with van der Waals surface area (Å²) in [4.78, 5) is 17.8. The number of rotatable bonds is 3. The van der Waals surface area contributed by atoms with E-state index in [1.54, 1.807) is 12.1 Å². The minimum Gasteiger partial charge on any atom is -0.478 e. The lowest BCUT2D eigenvalue weighted by atomic mass is 10.2. The Hall–Kier alpha value is -2.67. The zero-order chi connectivity index (χ0) is 15.9. The normalized spacial score (nSPS) is 11.7. The van der Waals surface area contributed by atoms with Crippen molar-refractivity contribution in [1.29, 1.82) is 0 Å². The van der Waals surface area contributed by atoms with Crippen molar-refractivity contribution in [2.24, 2.45) is 0 Å². The van der Waals surface area contributed by atoms with E-state index < -0.39 is 15.8 Å². The minimum atomic E-state index is -3.76. The van der Waals surface area contributed by atoms with Crippen LogP contribution in [-0.2, 0) is 9.84 Å². The van der Waals surface area contributed by atoms with E-state index in [1.807, 2.05) is 6.92 Å². The average Bonchev–Trinajstić information content (AvgIpc) is 2.91. The molecule has 22 heavy (non-hydrogen) atoms. The predicted octanol–water partition coefficient (Wildman–Crippen LogP) is 2.40. The summed E-state index contributed by atoms with van der Waals surface area (Å²) in [5, 5.41) is 8.76. The van der Waals surface area contributed by atoms with Crippen molar-refractivity contribution >= 4 is 26.8 Å². The van der Waals surface area contributed by atoms with Crippen molar-refractivity contribution in [1.82, 2.24) is 9.97 Å². The second-order valence-electron chi connectivity index (χ2n) is 4.90. The van der Waals surface area contributed by atoms with Crippen molar-refractivity contribution in [2.75, 3.05) is 0 Å². The van der Waals surface area contributed by atoms with E-state index in [0.29, 0.717) is 11.0 Å². The molecule has 112 valence electrons. The van der Waals surface area contributed by atoms with E-state index in [2.05, 4.69) is 9.97 Å². The molecular weight excluding hydrogens is 304 g/mol. The van der Waals surface area contributed by atoms with Gasteiger partial charge in [-0.2, -0.15) is 0 Å². The topological polar surface area (TPSA) is 100 Å². The number of aryl methyl sites for hydroxylation is 1. The van der Waals surface area contributed by atoms with Gasteiger partial charge < -0.3 is 10.1 Å². The third-order valence-corrected chi connectivity index (χ3v) is 4.89. The first-order valence-electron chi connectivity index (χ1n) is 6.43. The fourth-order valence-corrected chi connectivity index (χ4v) is 3.26. The standard InChI is InChI=1S/C15H12N2O4S/c1-9-2-5-11(6-3-9)22(20,21)15-16-12-7-4-10(14(18)19)8-13(12)17-15/h2-8H,1H3,(H,16,17)(H,18,19). The molecule has 0 unspecified atom stereocenters. The third kappa shape index (κ3) is 2.35. The quantitative estimate of drug-likeness (QED) is 0.773. The van der Waals surface area contributed by atoms with Crippen LogP contribution in [0.1, 0.15) is 15.9 Å².